The quantitative estimate of drug-likeness (QED) is 0.646. The smallest absolute Gasteiger partial charge is 0.321 e. The topological polar surface area (TPSA) is 114 Å². The summed E-state index contributed by atoms with van der Waals surface area (Å²) in [6, 6.07) is 6.25. The molecule has 0 spiro atoms. The molecule has 1 aromatic carbocycles. The molecule has 0 heterocycles. The van der Waals surface area contributed by atoms with Crippen LogP contribution in [0, 0.1) is 0 Å². The summed E-state index contributed by atoms with van der Waals surface area (Å²) < 4.78 is 5.10. The molecule has 4 amide bonds. The van der Waals surface area contributed by atoms with Crippen molar-refractivity contribution in [2.45, 2.75) is 64.5 Å². The van der Waals surface area contributed by atoms with Crippen molar-refractivity contribution in [2.75, 3.05) is 5.32 Å². The molecule has 1 atom stereocenters. The molecule has 1 saturated carbocycles. The molecule has 8 heteroatoms. The molecule has 152 valence electrons. The van der Waals surface area contributed by atoms with Crippen LogP contribution in [0.5, 0.6) is 0 Å². The number of rotatable bonds is 6. The van der Waals surface area contributed by atoms with E-state index >= 15 is 0 Å². The van der Waals surface area contributed by atoms with E-state index < -0.39 is 24.0 Å². The molecule has 1 fully saturated rings. The molecular weight excluding hydrogens is 362 g/mol. The molecule has 2 rings (SSSR count). The van der Waals surface area contributed by atoms with Gasteiger partial charge in [0.2, 0.25) is 5.91 Å². The van der Waals surface area contributed by atoms with Gasteiger partial charge in [0.25, 0.3) is 5.91 Å². The van der Waals surface area contributed by atoms with Crippen LogP contribution in [0.2, 0.25) is 0 Å². The molecule has 3 N–H and O–H groups in total. The molecule has 28 heavy (non-hydrogen) atoms. The van der Waals surface area contributed by atoms with Crippen LogP contribution in [0.1, 0.15) is 51.5 Å². The van der Waals surface area contributed by atoms with Gasteiger partial charge in [-0.3, -0.25) is 19.7 Å². The zero-order chi connectivity index (χ0) is 20.5. The van der Waals surface area contributed by atoms with E-state index in [-0.39, 0.29) is 18.4 Å². The van der Waals surface area contributed by atoms with Gasteiger partial charge < -0.3 is 15.4 Å². The zero-order valence-corrected chi connectivity index (χ0v) is 16.2. The van der Waals surface area contributed by atoms with Gasteiger partial charge >= 0.3 is 12.0 Å². The minimum absolute atomic E-state index is 0.0216. The van der Waals surface area contributed by atoms with Crippen molar-refractivity contribution >= 4 is 29.5 Å². The molecule has 1 aromatic rings. The summed E-state index contributed by atoms with van der Waals surface area (Å²) in [5, 5.41) is 7.62. The fourth-order valence-electron chi connectivity index (χ4n) is 3.05. The molecular formula is C20H27N3O5. The van der Waals surface area contributed by atoms with Gasteiger partial charge in [0.05, 0.1) is 6.42 Å². The molecule has 0 unspecified atom stereocenters. The molecule has 1 aliphatic carbocycles. The molecule has 0 radical (unpaired) electrons. The number of nitrogens with one attached hydrogen (secondary N) is 3. The number of benzene rings is 1. The van der Waals surface area contributed by atoms with E-state index in [1.807, 2.05) is 0 Å². The predicted octanol–water partition coefficient (Wildman–Crippen LogP) is 2.28. The Morgan fingerprint density at radius 1 is 1.07 bits per heavy atom. The molecule has 0 aromatic heterocycles. The van der Waals surface area contributed by atoms with E-state index in [1.165, 1.54) is 20.3 Å². The van der Waals surface area contributed by atoms with Gasteiger partial charge in [-0.15, -0.1) is 0 Å². The van der Waals surface area contributed by atoms with Gasteiger partial charge in [0, 0.05) is 18.7 Å². The second-order valence-corrected chi connectivity index (χ2v) is 6.98. The summed E-state index contributed by atoms with van der Waals surface area (Å²) >= 11 is 0. The van der Waals surface area contributed by atoms with Crippen molar-refractivity contribution < 1.29 is 23.9 Å². The Morgan fingerprint density at radius 3 is 2.32 bits per heavy atom. The third-order valence-electron chi connectivity index (χ3n) is 4.48. The summed E-state index contributed by atoms with van der Waals surface area (Å²) in [4.78, 5) is 47.0. The van der Waals surface area contributed by atoms with Crippen molar-refractivity contribution in [2.24, 2.45) is 0 Å². The van der Waals surface area contributed by atoms with E-state index in [2.05, 4.69) is 16.0 Å². The van der Waals surface area contributed by atoms with Crippen LogP contribution in [0.25, 0.3) is 0 Å². The first-order valence-electron chi connectivity index (χ1n) is 9.51. The van der Waals surface area contributed by atoms with E-state index in [0.717, 1.165) is 25.7 Å². The number of amides is 4. The maximum absolute atomic E-state index is 12.0. The Labute approximate surface area is 164 Å². The van der Waals surface area contributed by atoms with E-state index in [4.69, 9.17) is 4.74 Å². The van der Waals surface area contributed by atoms with Crippen molar-refractivity contribution in [3.8, 4) is 0 Å². The highest BCUT2D eigenvalue weighted by Crippen LogP contribution is 2.17. The minimum Gasteiger partial charge on any atom is -0.452 e. The van der Waals surface area contributed by atoms with Crippen molar-refractivity contribution in [3.63, 3.8) is 0 Å². The lowest BCUT2D eigenvalue weighted by atomic mass is 9.96. The highest BCUT2D eigenvalue weighted by Gasteiger charge is 2.22. The summed E-state index contributed by atoms with van der Waals surface area (Å²) in [5.74, 6) is -1.43. The van der Waals surface area contributed by atoms with E-state index in [1.54, 1.807) is 24.3 Å². The maximum atomic E-state index is 12.0. The average molecular weight is 389 g/mol. The standard InChI is InChI=1S/C20H27N3O5/c1-13(19(26)23-20(27)22-16-6-4-3-5-7-16)28-18(25)12-15-8-10-17(11-9-15)21-14(2)24/h8-11,13,16H,3-7,12H2,1-2H3,(H,21,24)(H2,22,23,26,27)/t13-/m1/s1. The minimum atomic E-state index is -1.08. The Hall–Kier alpha value is -2.90. The molecule has 8 nitrogen and oxygen atoms in total. The Kier molecular flexibility index (Phi) is 7.98. The van der Waals surface area contributed by atoms with Crippen LogP contribution >= 0.6 is 0 Å². The number of ether oxygens (including phenoxy) is 1. The zero-order valence-electron chi connectivity index (χ0n) is 16.2. The van der Waals surface area contributed by atoms with Crippen molar-refractivity contribution in [1.82, 2.24) is 10.6 Å². The summed E-state index contributed by atoms with van der Waals surface area (Å²) in [7, 11) is 0. The van der Waals surface area contributed by atoms with Crippen LogP contribution in [0.3, 0.4) is 0 Å². The number of hydrogen-bond acceptors (Lipinski definition) is 5. The fourth-order valence-corrected chi connectivity index (χ4v) is 3.05. The number of hydrogen-bond donors (Lipinski definition) is 3. The van der Waals surface area contributed by atoms with Gasteiger partial charge in [-0.1, -0.05) is 31.4 Å². The lowest BCUT2D eigenvalue weighted by Gasteiger charge is -2.23. The second kappa shape index (κ2) is 10.4. The highest BCUT2D eigenvalue weighted by atomic mass is 16.5. The molecule has 1 aliphatic rings. The summed E-state index contributed by atoms with van der Waals surface area (Å²) in [6.07, 6.45) is 4.02. The largest absolute Gasteiger partial charge is 0.452 e. The van der Waals surface area contributed by atoms with Crippen LogP contribution in [-0.2, 0) is 25.5 Å². The molecule has 0 saturated heterocycles. The molecule has 0 aliphatic heterocycles. The van der Waals surface area contributed by atoms with Gasteiger partial charge in [0.1, 0.15) is 0 Å². The van der Waals surface area contributed by atoms with E-state index in [0.29, 0.717) is 11.3 Å². The number of carbonyl (C=O) groups excluding carboxylic acids is 4. The lowest BCUT2D eigenvalue weighted by Crippen LogP contribution is -2.48. The SMILES string of the molecule is CC(=O)Nc1ccc(CC(=O)O[C@H](C)C(=O)NC(=O)NC2CCCCC2)cc1. The van der Waals surface area contributed by atoms with Crippen molar-refractivity contribution in [1.29, 1.82) is 0 Å². The normalized spacial score (nSPS) is 15.2. The van der Waals surface area contributed by atoms with Gasteiger partial charge in [0.15, 0.2) is 6.10 Å². The van der Waals surface area contributed by atoms with Crippen LogP contribution in [0.15, 0.2) is 24.3 Å². The maximum Gasteiger partial charge on any atom is 0.321 e. The van der Waals surface area contributed by atoms with E-state index in [9.17, 15) is 19.2 Å². The third kappa shape index (κ3) is 7.38. The number of urea groups is 1. The first kappa shape index (κ1) is 21.4. The molecule has 0 bridgehead atoms. The first-order chi connectivity index (χ1) is 13.3. The van der Waals surface area contributed by atoms with Gasteiger partial charge in [-0.2, -0.15) is 0 Å². The second-order valence-electron chi connectivity index (χ2n) is 6.98. The van der Waals surface area contributed by atoms with Gasteiger partial charge in [-0.25, -0.2) is 4.79 Å². The number of imide groups is 1. The Morgan fingerprint density at radius 2 is 1.71 bits per heavy atom. The first-order valence-corrected chi connectivity index (χ1v) is 9.51. The summed E-state index contributed by atoms with van der Waals surface area (Å²) in [5.41, 5.74) is 1.31. The van der Waals surface area contributed by atoms with Crippen LogP contribution < -0.4 is 16.0 Å². The highest BCUT2D eigenvalue weighted by molar-refractivity contribution is 5.97. The van der Waals surface area contributed by atoms with Crippen molar-refractivity contribution in [3.05, 3.63) is 29.8 Å². The van der Waals surface area contributed by atoms with Crippen LogP contribution in [-0.4, -0.2) is 36.0 Å². The Balaban J connectivity index is 1.75. The van der Waals surface area contributed by atoms with Crippen LogP contribution in [0.4, 0.5) is 10.5 Å². The monoisotopic (exact) mass is 389 g/mol. The predicted molar refractivity (Wildman–Crippen MR) is 104 cm³/mol. The Bertz CT molecular complexity index is 711. The van der Waals surface area contributed by atoms with Gasteiger partial charge in [-0.05, 0) is 37.5 Å². The summed E-state index contributed by atoms with van der Waals surface area (Å²) in [6.45, 7) is 2.83. The number of carbonyl (C=O) groups is 4. The fraction of sp³-hybridized carbons (Fsp3) is 0.500. The number of anilines is 1. The third-order valence-corrected chi connectivity index (χ3v) is 4.48. The number of esters is 1. The lowest BCUT2D eigenvalue weighted by molar-refractivity contribution is -0.153. The average Bonchev–Trinajstić information content (AvgIpc) is 2.63.